The molecule has 0 bridgehead atoms. The second-order valence-electron chi connectivity index (χ2n) is 7.40. The monoisotopic (exact) mass is 480 g/mol. The van der Waals surface area contributed by atoms with Gasteiger partial charge in [0, 0.05) is 20.1 Å². The standard InChI is InChI=1S/C23H32N2O7S/c1-7-10-24-33(27,28)18-8-9-19(16(2)11-18)32-15-22(26)25(3)14-17-12-20(29-4)23(31-6)21(13-17)30-5/h8-9,11-13,24H,7,10,14-15H2,1-6H3. The molecule has 0 unspecified atom stereocenters. The molecule has 182 valence electrons. The second-order valence-corrected chi connectivity index (χ2v) is 9.16. The highest BCUT2D eigenvalue weighted by Crippen LogP contribution is 2.38. The predicted octanol–water partition coefficient (Wildman–Crippen LogP) is 2.75. The van der Waals surface area contributed by atoms with Crippen molar-refractivity contribution in [2.45, 2.75) is 31.7 Å². The summed E-state index contributed by atoms with van der Waals surface area (Å²) in [5.41, 5.74) is 1.42. The normalized spacial score (nSPS) is 11.1. The number of carbonyl (C=O) groups excluding carboxylic acids is 1. The van der Waals surface area contributed by atoms with Crippen molar-refractivity contribution in [2.24, 2.45) is 0 Å². The van der Waals surface area contributed by atoms with Crippen LogP contribution >= 0.6 is 0 Å². The highest BCUT2D eigenvalue weighted by molar-refractivity contribution is 7.89. The molecule has 0 aliphatic carbocycles. The molecule has 0 heterocycles. The van der Waals surface area contributed by atoms with E-state index in [9.17, 15) is 13.2 Å². The van der Waals surface area contributed by atoms with E-state index in [0.29, 0.717) is 48.1 Å². The van der Waals surface area contributed by atoms with Gasteiger partial charge in [0.1, 0.15) is 5.75 Å². The number of methoxy groups -OCH3 is 3. The van der Waals surface area contributed by atoms with E-state index in [2.05, 4.69) is 4.72 Å². The first-order chi connectivity index (χ1) is 15.7. The lowest BCUT2D eigenvalue weighted by Crippen LogP contribution is -2.31. The third-order valence-electron chi connectivity index (χ3n) is 4.92. The Morgan fingerprint density at radius 1 is 1.00 bits per heavy atom. The van der Waals surface area contributed by atoms with Gasteiger partial charge in [-0.05, 0) is 54.8 Å². The average molecular weight is 481 g/mol. The van der Waals surface area contributed by atoms with Crippen LogP contribution in [0.3, 0.4) is 0 Å². The number of rotatable bonds is 12. The zero-order valence-electron chi connectivity index (χ0n) is 19.9. The molecular weight excluding hydrogens is 448 g/mol. The van der Waals surface area contributed by atoms with E-state index in [4.69, 9.17) is 18.9 Å². The fourth-order valence-electron chi connectivity index (χ4n) is 3.11. The molecular formula is C23H32N2O7S. The summed E-state index contributed by atoms with van der Waals surface area (Å²) in [7, 11) is 2.68. The van der Waals surface area contributed by atoms with E-state index in [1.165, 1.54) is 38.4 Å². The minimum absolute atomic E-state index is 0.159. The van der Waals surface area contributed by atoms with Gasteiger partial charge in [-0.2, -0.15) is 0 Å². The van der Waals surface area contributed by atoms with Gasteiger partial charge in [0.25, 0.3) is 5.91 Å². The maximum atomic E-state index is 12.6. The molecule has 33 heavy (non-hydrogen) atoms. The van der Waals surface area contributed by atoms with Crippen LogP contribution < -0.4 is 23.7 Å². The van der Waals surface area contributed by atoms with Crippen LogP contribution in [0.4, 0.5) is 0 Å². The molecule has 0 saturated carbocycles. The zero-order chi connectivity index (χ0) is 24.6. The minimum atomic E-state index is -3.57. The van der Waals surface area contributed by atoms with E-state index >= 15 is 0 Å². The number of sulfonamides is 1. The number of likely N-dealkylation sites (N-methyl/N-ethyl adjacent to an activating group) is 1. The Morgan fingerprint density at radius 2 is 1.64 bits per heavy atom. The van der Waals surface area contributed by atoms with Crippen molar-refractivity contribution in [3.8, 4) is 23.0 Å². The first kappa shape index (κ1) is 26.3. The largest absolute Gasteiger partial charge is 0.493 e. The molecule has 0 aliphatic heterocycles. The van der Waals surface area contributed by atoms with Crippen molar-refractivity contribution in [3.63, 3.8) is 0 Å². The summed E-state index contributed by atoms with van der Waals surface area (Å²) in [5.74, 6) is 1.68. The van der Waals surface area contributed by atoms with Crippen molar-refractivity contribution in [3.05, 3.63) is 41.5 Å². The Balaban J connectivity index is 2.05. The lowest BCUT2D eigenvalue weighted by Gasteiger charge is -2.20. The zero-order valence-corrected chi connectivity index (χ0v) is 20.7. The quantitative estimate of drug-likeness (QED) is 0.498. The summed E-state index contributed by atoms with van der Waals surface area (Å²) < 4.78 is 48.8. The van der Waals surface area contributed by atoms with E-state index in [1.807, 2.05) is 6.92 Å². The Kier molecular flexibility index (Phi) is 9.36. The molecule has 2 aromatic rings. The number of hydrogen-bond donors (Lipinski definition) is 1. The first-order valence-electron chi connectivity index (χ1n) is 10.4. The summed E-state index contributed by atoms with van der Waals surface area (Å²) >= 11 is 0. The highest BCUT2D eigenvalue weighted by atomic mass is 32.2. The molecule has 0 saturated heterocycles. The number of ether oxygens (including phenoxy) is 4. The van der Waals surface area contributed by atoms with Gasteiger partial charge in [0.2, 0.25) is 15.8 Å². The van der Waals surface area contributed by atoms with Crippen LogP contribution in [0.2, 0.25) is 0 Å². The predicted molar refractivity (Wildman–Crippen MR) is 125 cm³/mol. The van der Waals surface area contributed by atoms with Gasteiger partial charge >= 0.3 is 0 Å². The highest BCUT2D eigenvalue weighted by Gasteiger charge is 2.18. The van der Waals surface area contributed by atoms with Crippen LogP contribution in [0.1, 0.15) is 24.5 Å². The molecule has 2 aromatic carbocycles. The van der Waals surface area contributed by atoms with Crippen LogP contribution in [0.25, 0.3) is 0 Å². The van der Waals surface area contributed by atoms with E-state index in [1.54, 1.807) is 32.2 Å². The Morgan fingerprint density at radius 3 is 2.15 bits per heavy atom. The molecule has 1 N–H and O–H groups in total. The van der Waals surface area contributed by atoms with Crippen molar-refractivity contribution in [2.75, 3.05) is 41.5 Å². The first-order valence-corrected chi connectivity index (χ1v) is 11.9. The van der Waals surface area contributed by atoms with Crippen molar-refractivity contribution in [1.29, 1.82) is 0 Å². The van der Waals surface area contributed by atoms with E-state index < -0.39 is 10.0 Å². The fraction of sp³-hybridized carbons (Fsp3) is 0.435. The topological polar surface area (TPSA) is 103 Å². The van der Waals surface area contributed by atoms with Crippen molar-refractivity contribution < 1.29 is 32.2 Å². The molecule has 0 fully saturated rings. The van der Waals surface area contributed by atoms with Gasteiger partial charge < -0.3 is 23.8 Å². The number of benzene rings is 2. The third kappa shape index (κ3) is 6.75. The number of aryl methyl sites for hydroxylation is 1. The number of amides is 1. The van der Waals surface area contributed by atoms with E-state index in [0.717, 1.165) is 5.56 Å². The molecule has 10 heteroatoms. The van der Waals surface area contributed by atoms with Gasteiger partial charge in [0.15, 0.2) is 18.1 Å². The summed E-state index contributed by atoms with van der Waals surface area (Å²) in [6.45, 7) is 4.10. The maximum Gasteiger partial charge on any atom is 0.260 e. The Hall–Kier alpha value is -2.98. The molecule has 2 rings (SSSR count). The molecule has 0 radical (unpaired) electrons. The average Bonchev–Trinajstić information content (AvgIpc) is 2.80. The lowest BCUT2D eigenvalue weighted by atomic mass is 10.1. The summed E-state index contributed by atoms with van der Waals surface area (Å²) in [5, 5.41) is 0. The fourth-order valence-corrected chi connectivity index (χ4v) is 4.33. The molecule has 0 spiro atoms. The SMILES string of the molecule is CCCNS(=O)(=O)c1ccc(OCC(=O)N(C)Cc2cc(OC)c(OC)c(OC)c2)c(C)c1. The molecule has 0 aromatic heterocycles. The Labute approximate surface area is 195 Å². The van der Waals surface area contributed by atoms with Gasteiger partial charge in [-0.15, -0.1) is 0 Å². The Bertz CT molecular complexity index is 1050. The van der Waals surface area contributed by atoms with Gasteiger partial charge in [-0.1, -0.05) is 6.92 Å². The minimum Gasteiger partial charge on any atom is -0.493 e. The van der Waals surface area contributed by atoms with Crippen molar-refractivity contribution >= 4 is 15.9 Å². The number of nitrogens with zero attached hydrogens (tertiary/aromatic N) is 1. The van der Waals surface area contributed by atoms with Crippen LogP contribution in [0.5, 0.6) is 23.0 Å². The van der Waals surface area contributed by atoms with Crippen molar-refractivity contribution in [1.82, 2.24) is 9.62 Å². The van der Waals surface area contributed by atoms with Crippen LogP contribution in [0.15, 0.2) is 35.2 Å². The summed E-state index contributed by atoms with van der Waals surface area (Å²) in [4.78, 5) is 14.3. The number of nitrogens with one attached hydrogen (secondary N) is 1. The smallest absolute Gasteiger partial charge is 0.260 e. The summed E-state index contributed by atoms with van der Waals surface area (Å²) in [6.07, 6.45) is 0.700. The summed E-state index contributed by atoms with van der Waals surface area (Å²) in [6, 6.07) is 8.11. The van der Waals surface area contributed by atoms with Gasteiger partial charge in [0.05, 0.1) is 26.2 Å². The number of hydrogen-bond acceptors (Lipinski definition) is 7. The lowest BCUT2D eigenvalue weighted by molar-refractivity contribution is -0.132. The van der Waals surface area contributed by atoms with Gasteiger partial charge in [-0.25, -0.2) is 13.1 Å². The van der Waals surface area contributed by atoms with Crippen LogP contribution in [-0.2, 0) is 21.4 Å². The molecule has 0 atom stereocenters. The molecule has 9 nitrogen and oxygen atoms in total. The van der Waals surface area contributed by atoms with E-state index in [-0.39, 0.29) is 17.4 Å². The van der Waals surface area contributed by atoms with Crippen LogP contribution in [-0.4, -0.2) is 60.8 Å². The maximum absolute atomic E-state index is 12.6. The second kappa shape index (κ2) is 11.8. The number of carbonyl (C=O) groups is 1. The molecule has 1 amide bonds. The third-order valence-corrected chi connectivity index (χ3v) is 6.38. The van der Waals surface area contributed by atoms with Crippen LogP contribution in [0, 0.1) is 6.92 Å². The molecule has 0 aliphatic rings. The van der Waals surface area contributed by atoms with Gasteiger partial charge in [-0.3, -0.25) is 4.79 Å².